The lowest BCUT2D eigenvalue weighted by Gasteiger charge is -2.11. The summed E-state index contributed by atoms with van der Waals surface area (Å²) in [4.78, 5) is 0. The fourth-order valence-electron chi connectivity index (χ4n) is 1.13. The van der Waals surface area contributed by atoms with E-state index >= 15 is 0 Å². The maximum atomic E-state index is 9.44. The van der Waals surface area contributed by atoms with Crippen molar-refractivity contribution in [2.75, 3.05) is 12.0 Å². The van der Waals surface area contributed by atoms with Crippen LogP contribution in [0.2, 0.25) is 0 Å². The highest BCUT2D eigenvalue weighted by atomic mass is 32.2. The minimum absolute atomic E-state index is 0.0675. The Morgan fingerprint density at radius 3 is 2.45 bits per heavy atom. The van der Waals surface area contributed by atoms with Gasteiger partial charge in [-0.1, -0.05) is 13.8 Å². The Bertz CT molecular complexity index is 83.6. The minimum Gasteiger partial charge on any atom is -0.393 e. The molecule has 0 aliphatic heterocycles. The molecule has 1 nitrogen and oxygen atoms in total. The van der Waals surface area contributed by atoms with Crippen LogP contribution in [0, 0.1) is 5.92 Å². The number of hydrogen-bond acceptors (Lipinski definition) is 2. The van der Waals surface area contributed by atoms with Crippen LogP contribution in [0.4, 0.5) is 0 Å². The molecule has 0 heterocycles. The van der Waals surface area contributed by atoms with Gasteiger partial charge in [-0.3, -0.25) is 0 Å². The minimum atomic E-state index is -0.0675. The van der Waals surface area contributed by atoms with Crippen molar-refractivity contribution in [1.29, 1.82) is 0 Å². The maximum absolute atomic E-state index is 9.44. The summed E-state index contributed by atoms with van der Waals surface area (Å²) < 4.78 is 0. The molecule has 0 aromatic heterocycles. The van der Waals surface area contributed by atoms with Crippen LogP contribution in [0.1, 0.15) is 33.1 Å². The lowest BCUT2D eigenvalue weighted by Crippen LogP contribution is -2.09. The van der Waals surface area contributed by atoms with E-state index in [0.29, 0.717) is 5.92 Å². The Balaban J connectivity index is 3.15. The highest BCUT2D eigenvalue weighted by Gasteiger charge is 2.05. The van der Waals surface area contributed by atoms with Crippen molar-refractivity contribution >= 4 is 11.8 Å². The van der Waals surface area contributed by atoms with Crippen molar-refractivity contribution in [3.05, 3.63) is 0 Å². The molecule has 1 atom stereocenters. The van der Waals surface area contributed by atoms with Crippen molar-refractivity contribution in [3.63, 3.8) is 0 Å². The van der Waals surface area contributed by atoms with Gasteiger partial charge in [0.05, 0.1) is 6.10 Å². The molecule has 68 valence electrons. The Morgan fingerprint density at radius 2 is 2.00 bits per heavy atom. The fourth-order valence-corrected chi connectivity index (χ4v) is 1.58. The molecule has 0 bridgehead atoms. The number of thioether (sulfide) groups is 1. The van der Waals surface area contributed by atoms with E-state index < -0.39 is 0 Å². The average Bonchev–Trinajstić information content (AvgIpc) is 1.86. The third-order valence-electron chi connectivity index (χ3n) is 1.63. The quantitative estimate of drug-likeness (QED) is 0.628. The summed E-state index contributed by atoms with van der Waals surface area (Å²) in [5, 5.41) is 9.44. The monoisotopic (exact) mass is 176 g/mol. The zero-order valence-electron chi connectivity index (χ0n) is 7.84. The van der Waals surface area contributed by atoms with E-state index in [2.05, 4.69) is 20.1 Å². The fraction of sp³-hybridized carbons (Fsp3) is 1.00. The Labute approximate surface area is 74.6 Å². The molecular weight excluding hydrogens is 156 g/mol. The summed E-state index contributed by atoms with van der Waals surface area (Å²) >= 11 is 1.85. The molecule has 0 aliphatic rings. The van der Waals surface area contributed by atoms with Crippen LogP contribution in [0.5, 0.6) is 0 Å². The van der Waals surface area contributed by atoms with Gasteiger partial charge in [0.1, 0.15) is 0 Å². The van der Waals surface area contributed by atoms with Gasteiger partial charge in [-0.2, -0.15) is 11.8 Å². The highest BCUT2D eigenvalue weighted by Crippen LogP contribution is 2.10. The standard InChI is InChI=1S/C9H20OS/c1-8(2)7-9(10)5-4-6-11-3/h8-10H,4-7H2,1-3H3. The molecule has 0 spiro atoms. The Kier molecular flexibility index (Phi) is 7.18. The molecule has 0 amide bonds. The summed E-state index contributed by atoms with van der Waals surface area (Å²) in [6.45, 7) is 4.30. The van der Waals surface area contributed by atoms with Crippen LogP contribution in [0.15, 0.2) is 0 Å². The first-order valence-corrected chi connectivity index (χ1v) is 5.73. The molecule has 0 aromatic carbocycles. The molecule has 0 aromatic rings. The van der Waals surface area contributed by atoms with Crippen LogP contribution in [-0.2, 0) is 0 Å². The smallest absolute Gasteiger partial charge is 0.0543 e. The number of rotatable bonds is 6. The van der Waals surface area contributed by atoms with Crippen molar-refractivity contribution < 1.29 is 5.11 Å². The number of aliphatic hydroxyl groups excluding tert-OH is 1. The van der Waals surface area contributed by atoms with E-state index in [1.54, 1.807) is 0 Å². The molecule has 0 aliphatic carbocycles. The summed E-state index contributed by atoms with van der Waals surface area (Å²) in [7, 11) is 0. The molecule has 2 heteroatoms. The molecule has 0 radical (unpaired) electrons. The molecule has 1 unspecified atom stereocenters. The predicted molar refractivity (Wildman–Crippen MR) is 53.1 cm³/mol. The second-order valence-corrected chi connectivity index (χ2v) is 4.40. The topological polar surface area (TPSA) is 20.2 Å². The van der Waals surface area contributed by atoms with Crippen LogP contribution in [0.3, 0.4) is 0 Å². The van der Waals surface area contributed by atoms with Gasteiger partial charge in [-0.15, -0.1) is 0 Å². The first-order chi connectivity index (χ1) is 5.16. The van der Waals surface area contributed by atoms with Gasteiger partial charge in [0.25, 0.3) is 0 Å². The van der Waals surface area contributed by atoms with Crippen molar-refractivity contribution in [2.24, 2.45) is 5.92 Å². The summed E-state index contributed by atoms with van der Waals surface area (Å²) in [6, 6.07) is 0. The number of hydrogen-bond donors (Lipinski definition) is 1. The SMILES string of the molecule is CSCCCC(O)CC(C)C. The first-order valence-electron chi connectivity index (χ1n) is 4.33. The second kappa shape index (κ2) is 6.99. The molecule has 11 heavy (non-hydrogen) atoms. The summed E-state index contributed by atoms with van der Waals surface area (Å²) in [5.41, 5.74) is 0. The Hall–Kier alpha value is 0.310. The zero-order chi connectivity index (χ0) is 8.69. The predicted octanol–water partition coefficient (Wildman–Crippen LogP) is 2.54. The zero-order valence-corrected chi connectivity index (χ0v) is 8.66. The van der Waals surface area contributed by atoms with Gasteiger partial charge >= 0.3 is 0 Å². The molecule has 0 rings (SSSR count). The molecule has 0 saturated carbocycles. The van der Waals surface area contributed by atoms with Crippen LogP contribution >= 0.6 is 11.8 Å². The van der Waals surface area contributed by atoms with Crippen LogP contribution in [0.25, 0.3) is 0 Å². The molecule has 0 saturated heterocycles. The van der Waals surface area contributed by atoms with Gasteiger partial charge in [0.2, 0.25) is 0 Å². The van der Waals surface area contributed by atoms with Gasteiger partial charge in [0, 0.05) is 0 Å². The van der Waals surface area contributed by atoms with Crippen LogP contribution < -0.4 is 0 Å². The van der Waals surface area contributed by atoms with Crippen molar-refractivity contribution in [3.8, 4) is 0 Å². The third-order valence-corrected chi connectivity index (χ3v) is 2.33. The summed E-state index contributed by atoms with van der Waals surface area (Å²) in [6.07, 6.45) is 5.11. The van der Waals surface area contributed by atoms with E-state index in [0.717, 1.165) is 19.3 Å². The van der Waals surface area contributed by atoms with E-state index in [4.69, 9.17) is 0 Å². The third kappa shape index (κ3) is 8.21. The van der Waals surface area contributed by atoms with Gasteiger partial charge in [-0.25, -0.2) is 0 Å². The average molecular weight is 176 g/mol. The lowest BCUT2D eigenvalue weighted by atomic mass is 10.0. The van der Waals surface area contributed by atoms with E-state index in [-0.39, 0.29) is 6.10 Å². The van der Waals surface area contributed by atoms with Gasteiger partial charge in [0.15, 0.2) is 0 Å². The number of aliphatic hydroxyl groups is 1. The molecular formula is C9H20OS. The van der Waals surface area contributed by atoms with Crippen LogP contribution in [-0.4, -0.2) is 23.2 Å². The molecule has 0 fully saturated rings. The Morgan fingerprint density at radius 1 is 1.36 bits per heavy atom. The van der Waals surface area contributed by atoms with E-state index in [9.17, 15) is 5.11 Å². The largest absolute Gasteiger partial charge is 0.393 e. The first kappa shape index (κ1) is 11.3. The molecule has 1 N–H and O–H groups in total. The van der Waals surface area contributed by atoms with E-state index in [1.807, 2.05) is 11.8 Å². The van der Waals surface area contributed by atoms with Crippen molar-refractivity contribution in [2.45, 2.75) is 39.2 Å². The van der Waals surface area contributed by atoms with E-state index in [1.165, 1.54) is 5.75 Å². The second-order valence-electron chi connectivity index (χ2n) is 3.42. The lowest BCUT2D eigenvalue weighted by molar-refractivity contribution is 0.139. The van der Waals surface area contributed by atoms with Gasteiger partial charge < -0.3 is 5.11 Å². The summed E-state index contributed by atoms with van der Waals surface area (Å²) in [5.74, 6) is 1.80. The highest BCUT2D eigenvalue weighted by molar-refractivity contribution is 7.98. The van der Waals surface area contributed by atoms with Gasteiger partial charge in [-0.05, 0) is 37.2 Å². The maximum Gasteiger partial charge on any atom is 0.0543 e. The normalized spacial score (nSPS) is 13.9. The van der Waals surface area contributed by atoms with Crippen molar-refractivity contribution in [1.82, 2.24) is 0 Å².